The Balaban J connectivity index is 1.33. The summed E-state index contributed by atoms with van der Waals surface area (Å²) < 4.78 is 0. The van der Waals surface area contributed by atoms with Gasteiger partial charge in [0.2, 0.25) is 5.91 Å². The molecule has 2 saturated heterocycles. The van der Waals surface area contributed by atoms with Crippen LogP contribution in [0.3, 0.4) is 0 Å². The number of rotatable bonds is 5. The van der Waals surface area contributed by atoms with Crippen LogP contribution in [0.1, 0.15) is 70.3 Å². The van der Waals surface area contributed by atoms with Crippen molar-refractivity contribution in [2.45, 2.75) is 76.4 Å². The van der Waals surface area contributed by atoms with Crippen molar-refractivity contribution in [3.8, 4) is 0 Å². The van der Waals surface area contributed by atoms with Gasteiger partial charge in [0.15, 0.2) is 0 Å². The Morgan fingerprint density at radius 2 is 1.94 bits per heavy atom. The van der Waals surface area contributed by atoms with E-state index in [2.05, 4.69) is 19.2 Å². The van der Waals surface area contributed by atoms with Crippen LogP contribution in [0.2, 0.25) is 0 Å². The minimum atomic E-state index is -0.683. The molecular weight excluding hydrogens is 394 g/mol. The highest BCUT2D eigenvalue weighted by Gasteiger charge is 2.44. The molecule has 3 fully saturated rings. The summed E-state index contributed by atoms with van der Waals surface area (Å²) in [5.41, 5.74) is 1.08. The van der Waals surface area contributed by atoms with E-state index in [-0.39, 0.29) is 30.6 Å². The van der Waals surface area contributed by atoms with Crippen LogP contribution in [-0.4, -0.2) is 52.6 Å². The van der Waals surface area contributed by atoms with E-state index in [1.165, 1.54) is 4.90 Å². The molecule has 31 heavy (non-hydrogen) atoms. The van der Waals surface area contributed by atoms with Crippen molar-refractivity contribution in [3.05, 3.63) is 29.8 Å². The van der Waals surface area contributed by atoms with E-state index in [9.17, 15) is 19.5 Å². The molecule has 3 aliphatic rings. The maximum Gasteiger partial charge on any atom is 0.329 e. The second kappa shape index (κ2) is 8.61. The number of imide groups is 1. The molecule has 0 radical (unpaired) electrons. The molecule has 0 aromatic heterocycles. The van der Waals surface area contributed by atoms with E-state index in [4.69, 9.17) is 0 Å². The molecule has 0 spiro atoms. The van der Waals surface area contributed by atoms with Crippen LogP contribution in [0.4, 0.5) is 10.5 Å². The average Bonchev–Trinajstić information content (AvgIpc) is 3.04. The number of hydrogen-bond donors (Lipinski definition) is 2. The smallest absolute Gasteiger partial charge is 0.329 e. The predicted octanol–water partition coefficient (Wildman–Crippen LogP) is 3.17. The molecule has 1 aliphatic carbocycles. The Kier molecular flexibility index (Phi) is 6.06. The van der Waals surface area contributed by atoms with Gasteiger partial charge in [0, 0.05) is 25.4 Å². The van der Waals surface area contributed by atoms with Crippen molar-refractivity contribution in [1.29, 1.82) is 0 Å². The van der Waals surface area contributed by atoms with Crippen molar-refractivity contribution < 1.29 is 19.5 Å². The van der Waals surface area contributed by atoms with Crippen LogP contribution in [0, 0.1) is 5.92 Å². The molecule has 4 amide bonds. The number of hydrogen-bond acceptors (Lipinski definition) is 4. The van der Waals surface area contributed by atoms with Crippen LogP contribution >= 0.6 is 0 Å². The Bertz CT molecular complexity index is 853. The van der Waals surface area contributed by atoms with E-state index >= 15 is 0 Å². The Morgan fingerprint density at radius 1 is 1.19 bits per heavy atom. The van der Waals surface area contributed by atoms with E-state index < -0.39 is 17.7 Å². The van der Waals surface area contributed by atoms with Gasteiger partial charge in [-0.3, -0.25) is 9.59 Å². The van der Waals surface area contributed by atoms with Crippen molar-refractivity contribution in [3.63, 3.8) is 0 Å². The topological polar surface area (TPSA) is 90.0 Å². The number of carbonyl (C=O) groups is 3. The number of piperidine rings is 1. The lowest BCUT2D eigenvalue weighted by molar-refractivity contribution is -0.143. The van der Waals surface area contributed by atoms with Crippen molar-refractivity contribution in [2.75, 3.05) is 18.0 Å². The van der Waals surface area contributed by atoms with Crippen LogP contribution in [0.5, 0.6) is 0 Å². The first-order chi connectivity index (χ1) is 14.8. The highest BCUT2D eigenvalue weighted by molar-refractivity contribution is 6.21. The van der Waals surface area contributed by atoms with Gasteiger partial charge in [0.05, 0.1) is 11.3 Å². The quantitative estimate of drug-likeness (QED) is 0.707. The molecular formula is C24H33N3O4. The van der Waals surface area contributed by atoms with Crippen molar-refractivity contribution in [2.24, 2.45) is 5.92 Å². The summed E-state index contributed by atoms with van der Waals surface area (Å²) in [7, 11) is 0. The zero-order valence-electron chi connectivity index (χ0n) is 18.5. The second-order valence-electron chi connectivity index (χ2n) is 9.60. The van der Waals surface area contributed by atoms with Crippen molar-refractivity contribution >= 4 is 23.5 Å². The lowest BCUT2D eigenvalue weighted by Gasteiger charge is -2.47. The molecule has 2 aliphatic heterocycles. The van der Waals surface area contributed by atoms with Crippen LogP contribution in [0.25, 0.3) is 0 Å². The first-order valence-corrected chi connectivity index (χ1v) is 11.5. The van der Waals surface area contributed by atoms with Crippen LogP contribution in [0.15, 0.2) is 24.3 Å². The van der Waals surface area contributed by atoms with Crippen LogP contribution < -0.4 is 10.2 Å². The first-order valence-electron chi connectivity index (χ1n) is 11.5. The van der Waals surface area contributed by atoms with E-state index in [1.807, 2.05) is 17.0 Å². The zero-order chi connectivity index (χ0) is 22.2. The van der Waals surface area contributed by atoms with Gasteiger partial charge >= 0.3 is 6.03 Å². The molecule has 1 aromatic rings. The number of aliphatic hydroxyl groups is 1. The van der Waals surface area contributed by atoms with Gasteiger partial charge in [-0.1, -0.05) is 38.8 Å². The minimum absolute atomic E-state index is 0.00518. The number of nitrogens with one attached hydrogen (secondary N) is 1. The zero-order valence-corrected chi connectivity index (χ0v) is 18.5. The molecule has 1 saturated carbocycles. The van der Waals surface area contributed by atoms with Gasteiger partial charge in [-0.2, -0.15) is 0 Å². The largest absolute Gasteiger partial charge is 0.389 e. The number of fused-ring (bicyclic) bond motifs is 1. The van der Waals surface area contributed by atoms with E-state index in [0.29, 0.717) is 31.1 Å². The number of likely N-dealkylation sites (tertiary alicyclic amines) is 1. The summed E-state index contributed by atoms with van der Waals surface area (Å²) in [6.45, 7) is 5.33. The summed E-state index contributed by atoms with van der Waals surface area (Å²) in [6.07, 6.45) is 5.07. The molecule has 3 unspecified atom stereocenters. The lowest BCUT2D eigenvalue weighted by Crippen LogP contribution is -2.54. The summed E-state index contributed by atoms with van der Waals surface area (Å²) in [6, 6.07) is 6.32. The van der Waals surface area contributed by atoms with Gasteiger partial charge in [-0.25, -0.2) is 9.69 Å². The SMILES string of the molecule is CC(C)c1ccc(N2C(=O)NC(CCC(=O)N3CCC4(O)CCCCC4C3)C2=O)cc1. The number of carbonyl (C=O) groups excluding carboxylic acids is 3. The number of anilines is 1. The van der Waals surface area contributed by atoms with Gasteiger partial charge in [-0.15, -0.1) is 0 Å². The molecule has 0 bridgehead atoms. The van der Waals surface area contributed by atoms with Gasteiger partial charge < -0.3 is 15.3 Å². The Labute approximate surface area is 183 Å². The Hall–Kier alpha value is -2.41. The molecule has 7 heteroatoms. The molecule has 168 valence electrons. The summed E-state index contributed by atoms with van der Waals surface area (Å²) >= 11 is 0. The highest BCUT2D eigenvalue weighted by Crippen LogP contribution is 2.40. The fourth-order valence-corrected chi connectivity index (χ4v) is 5.20. The summed E-state index contributed by atoms with van der Waals surface area (Å²) in [5, 5.41) is 13.5. The van der Waals surface area contributed by atoms with E-state index in [1.54, 1.807) is 12.1 Å². The third kappa shape index (κ3) is 4.33. The predicted molar refractivity (Wildman–Crippen MR) is 118 cm³/mol. The molecule has 3 atom stereocenters. The Morgan fingerprint density at radius 3 is 2.65 bits per heavy atom. The lowest BCUT2D eigenvalue weighted by atomic mass is 9.71. The molecule has 2 N–H and O–H groups in total. The fourth-order valence-electron chi connectivity index (χ4n) is 5.20. The number of nitrogens with zero attached hydrogens (tertiary/aromatic N) is 2. The molecule has 4 rings (SSSR count). The highest BCUT2D eigenvalue weighted by atomic mass is 16.3. The van der Waals surface area contributed by atoms with Crippen molar-refractivity contribution in [1.82, 2.24) is 10.2 Å². The standard InChI is InChI=1S/C24H33N3O4/c1-16(2)17-6-8-19(9-7-17)27-22(29)20(25-23(27)30)10-11-21(28)26-14-13-24(31)12-4-3-5-18(24)15-26/h6-9,16,18,20,31H,3-5,10-15H2,1-2H3,(H,25,30). The third-order valence-electron chi connectivity index (χ3n) is 7.26. The van der Waals surface area contributed by atoms with Gasteiger partial charge in [-0.05, 0) is 49.3 Å². The van der Waals surface area contributed by atoms with E-state index in [0.717, 1.165) is 31.2 Å². The second-order valence-corrected chi connectivity index (χ2v) is 9.60. The van der Waals surface area contributed by atoms with Gasteiger partial charge in [0.25, 0.3) is 5.91 Å². The molecule has 2 heterocycles. The molecule has 7 nitrogen and oxygen atoms in total. The maximum atomic E-state index is 12.8. The monoisotopic (exact) mass is 427 g/mol. The average molecular weight is 428 g/mol. The number of urea groups is 1. The normalized spacial score (nSPS) is 28.6. The number of benzene rings is 1. The number of amides is 4. The third-order valence-corrected chi connectivity index (χ3v) is 7.26. The fraction of sp³-hybridized carbons (Fsp3) is 0.625. The maximum absolute atomic E-state index is 12.8. The minimum Gasteiger partial charge on any atom is -0.389 e. The summed E-state index contributed by atoms with van der Waals surface area (Å²) in [5.74, 6) is 0.205. The first kappa shape index (κ1) is 21.8. The van der Waals surface area contributed by atoms with Gasteiger partial charge in [0.1, 0.15) is 6.04 Å². The summed E-state index contributed by atoms with van der Waals surface area (Å²) in [4.78, 5) is 41.0. The molecule has 1 aromatic carbocycles. The van der Waals surface area contributed by atoms with Crippen LogP contribution in [-0.2, 0) is 9.59 Å².